The maximum Gasteiger partial charge on any atom is 0.166 e. The molecule has 9 aromatic rings. The number of nitrogens with one attached hydrogen (secondary N) is 1. The Balaban J connectivity index is 1.05. The van der Waals surface area contributed by atoms with Crippen molar-refractivity contribution in [3.8, 4) is 33.9 Å². The second-order valence-electron chi connectivity index (χ2n) is 14.6. The zero-order chi connectivity index (χ0) is 37.7. The van der Waals surface area contributed by atoms with E-state index in [-0.39, 0.29) is 0 Å². The minimum atomic E-state index is 0.635. The molecule has 3 aromatic heterocycles. The molecule has 0 bridgehead atoms. The highest BCUT2D eigenvalue weighted by molar-refractivity contribution is 6.16. The van der Waals surface area contributed by atoms with E-state index < -0.39 is 0 Å². The van der Waals surface area contributed by atoms with Gasteiger partial charge in [-0.05, 0) is 79.3 Å². The lowest BCUT2D eigenvalue weighted by Crippen LogP contribution is -2.16. The number of para-hydroxylation sites is 4. The van der Waals surface area contributed by atoms with Crippen molar-refractivity contribution in [3.05, 3.63) is 181 Å². The molecule has 0 unspecified atom stereocenters. The molecule has 11 rings (SSSR count). The Bertz CT molecular complexity index is 3130. The molecular formula is C51H37N5O. The molecule has 0 aliphatic heterocycles. The first kappa shape index (κ1) is 33.1. The fourth-order valence-corrected chi connectivity index (χ4v) is 8.39. The van der Waals surface area contributed by atoms with Crippen LogP contribution in [0.1, 0.15) is 31.5 Å². The second-order valence-corrected chi connectivity index (χ2v) is 14.6. The molecule has 6 heteroatoms. The first-order valence-corrected chi connectivity index (χ1v) is 19.7. The summed E-state index contributed by atoms with van der Waals surface area (Å²) in [5.41, 5.74) is 12.1. The molecule has 272 valence electrons. The zero-order valence-electron chi connectivity index (χ0n) is 31.2. The van der Waals surface area contributed by atoms with Crippen molar-refractivity contribution in [1.29, 1.82) is 0 Å². The summed E-state index contributed by atoms with van der Waals surface area (Å²) < 4.78 is 6.77. The molecule has 0 spiro atoms. The molecule has 2 aliphatic carbocycles. The molecule has 0 amide bonds. The molecule has 0 fully saturated rings. The smallest absolute Gasteiger partial charge is 0.166 e. The number of benzene rings is 6. The van der Waals surface area contributed by atoms with Crippen LogP contribution in [0.5, 0.6) is 0 Å². The van der Waals surface area contributed by atoms with E-state index in [1.807, 2.05) is 6.07 Å². The summed E-state index contributed by atoms with van der Waals surface area (Å²) in [6, 6.07) is 46.7. The standard InChI is InChI=1S/C51H37N5O/c1-4-15-34(16-5-1)49-53-50(55-51(54-49)42-24-14-23-40-39-21-10-12-25-43(39)52-47(40)42)35-29-27-33(28-30-35)38-31-32-44(48-46(38)41-22-11-13-26-45(41)57-48)56(36-17-6-2-7-18-36)37-19-8-3-9-20-37/h2,4,6-8,10-32,52H,1,3,5,9H2. The van der Waals surface area contributed by atoms with Crippen LogP contribution in [-0.4, -0.2) is 19.9 Å². The maximum atomic E-state index is 6.77. The highest BCUT2D eigenvalue weighted by Crippen LogP contribution is 2.45. The largest absolute Gasteiger partial charge is 0.454 e. The molecule has 2 aliphatic rings. The van der Waals surface area contributed by atoms with Gasteiger partial charge in [-0.25, -0.2) is 15.0 Å². The first-order chi connectivity index (χ1) is 28.3. The van der Waals surface area contributed by atoms with E-state index >= 15 is 0 Å². The molecule has 57 heavy (non-hydrogen) atoms. The van der Waals surface area contributed by atoms with E-state index in [9.17, 15) is 0 Å². The van der Waals surface area contributed by atoms with Crippen LogP contribution < -0.4 is 4.90 Å². The van der Waals surface area contributed by atoms with E-state index in [4.69, 9.17) is 19.4 Å². The average molecular weight is 736 g/mol. The van der Waals surface area contributed by atoms with Crippen molar-refractivity contribution < 1.29 is 4.42 Å². The van der Waals surface area contributed by atoms with Crippen LogP contribution in [0.3, 0.4) is 0 Å². The summed E-state index contributed by atoms with van der Waals surface area (Å²) in [7, 11) is 0. The fraction of sp³-hybridized carbons (Fsp3) is 0.0784. The summed E-state index contributed by atoms with van der Waals surface area (Å²) in [5.74, 6) is 1.96. The monoisotopic (exact) mass is 735 g/mol. The Hall–Kier alpha value is -7.31. The number of aromatic nitrogens is 4. The molecule has 6 aromatic carbocycles. The molecule has 3 heterocycles. The van der Waals surface area contributed by atoms with Gasteiger partial charge in [0, 0.05) is 55.1 Å². The third-order valence-corrected chi connectivity index (χ3v) is 11.1. The summed E-state index contributed by atoms with van der Waals surface area (Å²) in [4.78, 5) is 21.3. The number of nitrogens with zero attached hydrogens (tertiary/aromatic N) is 4. The Morgan fingerprint density at radius 3 is 2.07 bits per heavy atom. The summed E-state index contributed by atoms with van der Waals surface area (Å²) in [5, 5.41) is 4.50. The SMILES string of the molecule is C1=CC(c2nc(-c3ccc(-c4ccc(N(C5=CCCC=C5)c5ccccc5)c5oc6ccccc6c45)cc3)nc(-c3cccc4c3[nH]c3ccccc34)n2)=CCC1. The average Bonchev–Trinajstić information content (AvgIpc) is 3.87. The van der Waals surface area contributed by atoms with Crippen molar-refractivity contribution in [2.45, 2.75) is 25.7 Å². The molecule has 6 nitrogen and oxygen atoms in total. The van der Waals surface area contributed by atoms with Gasteiger partial charge >= 0.3 is 0 Å². The van der Waals surface area contributed by atoms with Gasteiger partial charge in [0.25, 0.3) is 0 Å². The van der Waals surface area contributed by atoms with Crippen LogP contribution in [0.25, 0.3) is 83.2 Å². The van der Waals surface area contributed by atoms with E-state index in [0.717, 1.165) is 109 Å². The molecule has 0 saturated carbocycles. The second kappa shape index (κ2) is 13.8. The van der Waals surface area contributed by atoms with Gasteiger partial charge in [0.1, 0.15) is 5.58 Å². The quantitative estimate of drug-likeness (QED) is 0.176. The minimum Gasteiger partial charge on any atom is -0.454 e. The van der Waals surface area contributed by atoms with Crippen LogP contribution in [0, 0.1) is 0 Å². The van der Waals surface area contributed by atoms with Crippen LogP contribution in [0.15, 0.2) is 180 Å². The number of rotatable bonds is 7. The Morgan fingerprint density at radius 2 is 1.25 bits per heavy atom. The number of allylic oxidation sites excluding steroid dienone is 7. The molecule has 0 radical (unpaired) electrons. The Kier molecular flexibility index (Phi) is 7.99. The number of H-pyrrole nitrogens is 1. The highest BCUT2D eigenvalue weighted by Gasteiger charge is 2.23. The van der Waals surface area contributed by atoms with E-state index in [0.29, 0.717) is 17.5 Å². The summed E-state index contributed by atoms with van der Waals surface area (Å²) >= 11 is 0. The Labute approximate surface area is 329 Å². The number of anilines is 2. The van der Waals surface area contributed by atoms with E-state index in [1.165, 1.54) is 5.39 Å². The lowest BCUT2D eigenvalue weighted by Gasteiger charge is -2.28. The van der Waals surface area contributed by atoms with Crippen molar-refractivity contribution in [1.82, 2.24) is 19.9 Å². The third kappa shape index (κ3) is 5.76. The topological polar surface area (TPSA) is 70.8 Å². The predicted octanol–water partition coefficient (Wildman–Crippen LogP) is 13.5. The van der Waals surface area contributed by atoms with Crippen molar-refractivity contribution >= 4 is 60.7 Å². The number of fused-ring (bicyclic) bond motifs is 6. The summed E-state index contributed by atoms with van der Waals surface area (Å²) in [6.07, 6.45) is 17.3. The minimum absolute atomic E-state index is 0.635. The molecule has 0 saturated heterocycles. The van der Waals surface area contributed by atoms with Gasteiger partial charge < -0.3 is 14.3 Å². The van der Waals surface area contributed by atoms with Gasteiger partial charge in [-0.15, -0.1) is 0 Å². The van der Waals surface area contributed by atoms with Gasteiger partial charge in [-0.1, -0.05) is 127 Å². The summed E-state index contributed by atoms with van der Waals surface area (Å²) in [6.45, 7) is 0. The van der Waals surface area contributed by atoms with Gasteiger partial charge in [-0.3, -0.25) is 0 Å². The number of hydrogen-bond acceptors (Lipinski definition) is 5. The normalized spacial score (nSPS) is 14.1. The first-order valence-electron chi connectivity index (χ1n) is 19.7. The third-order valence-electron chi connectivity index (χ3n) is 11.1. The number of aromatic amines is 1. The maximum absolute atomic E-state index is 6.77. The Morgan fingerprint density at radius 1 is 0.526 bits per heavy atom. The van der Waals surface area contributed by atoms with Crippen LogP contribution >= 0.6 is 0 Å². The predicted molar refractivity (Wildman–Crippen MR) is 234 cm³/mol. The van der Waals surface area contributed by atoms with Crippen molar-refractivity contribution in [2.24, 2.45) is 0 Å². The zero-order valence-corrected chi connectivity index (χ0v) is 31.2. The van der Waals surface area contributed by atoms with Crippen molar-refractivity contribution in [3.63, 3.8) is 0 Å². The molecule has 0 atom stereocenters. The van der Waals surface area contributed by atoms with Crippen LogP contribution in [0.2, 0.25) is 0 Å². The molecular weight excluding hydrogens is 699 g/mol. The molecule has 1 N–H and O–H groups in total. The van der Waals surface area contributed by atoms with Crippen molar-refractivity contribution in [2.75, 3.05) is 4.90 Å². The number of furan rings is 1. The fourth-order valence-electron chi connectivity index (χ4n) is 8.39. The van der Waals surface area contributed by atoms with Crippen LogP contribution in [0.4, 0.5) is 11.4 Å². The lowest BCUT2D eigenvalue weighted by atomic mass is 9.97. The highest BCUT2D eigenvalue weighted by atomic mass is 16.3. The van der Waals surface area contributed by atoms with Gasteiger partial charge in [0.15, 0.2) is 23.1 Å². The van der Waals surface area contributed by atoms with Gasteiger partial charge in [-0.2, -0.15) is 0 Å². The van der Waals surface area contributed by atoms with Gasteiger partial charge in [0.05, 0.1) is 11.2 Å². The van der Waals surface area contributed by atoms with Gasteiger partial charge in [0.2, 0.25) is 0 Å². The van der Waals surface area contributed by atoms with E-state index in [2.05, 4.69) is 174 Å². The number of hydrogen-bond donors (Lipinski definition) is 1. The van der Waals surface area contributed by atoms with E-state index in [1.54, 1.807) is 0 Å². The van der Waals surface area contributed by atoms with Crippen LogP contribution in [-0.2, 0) is 0 Å². The lowest BCUT2D eigenvalue weighted by molar-refractivity contribution is 0.669.